The summed E-state index contributed by atoms with van der Waals surface area (Å²) in [6.07, 6.45) is 1.39. The van der Waals surface area contributed by atoms with Crippen LogP contribution in [0.25, 0.3) is 0 Å². The monoisotopic (exact) mass is 394 g/mol. The van der Waals surface area contributed by atoms with Crippen LogP contribution >= 0.6 is 0 Å². The van der Waals surface area contributed by atoms with Crippen molar-refractivity contribution in [1.29, 1.82) is 0 Å². The molecule has 1 aliphatic carbocycles. The molecular formula is C23H26N2O4. The zero-order chi connectivity index (χ0) is 20.5. The predicted molar refractivity (Wildman–Crippen MR) is 110 cm³/mol. The third-order valence-electron chi connectivity index (χ3n) is 5.79. The van der Waals surface area contributed by atoms with E-state index in [-0.39, 0.29) is 23.7 Å². The maximum Gasteiger partial charge on any atom is 0.228 e. The molecule has 2 aromatic rings. The standard InChI is InChI=1S/C23H26N2O4/c1-14-4-6-17(7-5-14)24-22(26)18-12-19(18)23(27)25-9-8-15-10-20(28-2)21(29-3)11-16(15)13-25/h4-7,10-11,18-19H,8-9,12-13H2,1-3H3,(H,24,26). The van der Waals surface area contributed by atoms with Gasteiger partial charge in [0.05, 0.1) is 26.1 Å². The molecule has 0 spiro atoms. The Morgan fingerprint density at radius 2 is 1.66 bits per heavy atom. The third-order valence-corrected chi connectivity index (χ3v) is 5.79. The normalized spacial score (nSPS) is 19.9. The Balaban J connectivity index is 1.39. The molecule has 0 radical (unpaired) electrons. The fourth-order valence-electron chi connectivity index (χ4n) is 3.94. The molecule has 2 amide bonds. The number of carbonyl (C=O) groups is 2. The summed E-state index contributed by atoms with van der Waals surface area (Å²) in [7, 11) is 3.23. The number of methoxy groups -OCH3 is 2. The second-order valence-electron chi connectivity index (χ2n) is 7.79. The topological polar surface area (TPSA) is 67.9 Å². The molecule has 1 N–H and O–H groups in total. The number of ether oxygens (including phenoxy) is 2. The van der Waals surface area contributed by atoms with E-state index in [2.05, 4.69) is 5.32 Å². The second-order valence-corrected chi connectivity index (χ2v) is 7.79. The maximum atomic E-state index is 12.9. The molecule has 4 rings (SSSR count). The minimum atomic E-state index is -0.240. The Hall–Kier alpha value is -3.02. The molecule has 1 fully saturated rings. The number of hydrogen-bond donors (Lipinski definition) is 1. The van der Waals surface area contributed by atoms with Crippen LogP contribution in [0.2, 0.25) is 0 Å². The Bertz CT molecular complexity index is 939. The van der Waals surface area contributed by atoms with Crippen molar-refractivity contribution in [1.82, 2.24) is 4.90 Å². The van der Waals surface area contributed by atoms with E-state index in [0.29, 0.717) is 31.0 Å². The van der Waals surface area contributed by atoms with Crippen LogP contribution in [0.3, 0.4) is 0 Å². The summed E-state index contributed by atoms with van der Waals surface area (Å²) in [6.45, 7) is 3.20. The number of nitrogens with zero attached hydrogens (tertiary/aromatic N) is 1. The highest BCUT2D eigenvalue weighted by Crippen LogP contribution is 2.42. The first-order valence-corrected chi connectivity index (χ1v) is 9.90. The molecule has 2 aromatic carbocycles. The van der Waals surface area contributed by atoms with Crippen LogP contribution in [-0.2, 0) is 22.6 Å². The molecule has 2 aliphatic rings. The molecule has 0 bridgehead atoms. The van der Waals surface area contributed by atoms with Crippen molar-refractivity contribution in [2.75, 3.05) is 26.1 Å². The summed E-state index contributed by atoms with van der Waals surface area (Å²) in [5, 5.41) is 2.92. The third kappa shape index (κ3) is 3.92. The van der Waals surface area contributed by atoms with E-state index in [4.69, 9.17) is 9.47 Å². The molecule has 1 aliphatic heterocycles. The first kappa shape index (κ1) is 19.3. The van der Waals surface area contributed by atoms with Crippen molar-refractivity contribution in [3.63, 3.8) is 0 Å². The van der Waals surface area contributed by atoms with Crippen molar-refractivity contribution in [2.24, 2.45) is 11.8 Å². The predicted octanol–water partition coefficient (Wildman–Crippen LogP) is 3.17. The van der Waals surface area contributed by atoms with Gasteiger partial charge in [-0.1, -0.05) is 17.7 Å². The van der Waals surface area contributed by atoms with Crippen molar-refractivity contribution in [2.45, 2.75) is 26.3 Å². The highest BCUT2D eigenvalue weighted by Gasteiger charge is 2.49. The summed E-state index contributed by atoms with van der Waals surface area (Å²) in [6, 6.07) is 11.6. The van der Waals surface area contributed by atoms with Crippen LogP contribution in [0, 0.1) is 18.8 Å². The lowest BCUT2D eigenvalue weighted by atomic mass is 9.98. The summed E-state index contributed by atoms with van der Waals surface area (Å²) in [5.41, 5.74) is 4.16. The number of rotatable bonds is 5. The van der Waals surface area contributed by atoms with Gasteiger partial charge >= 0.3 is 0 Å². The van der Waals surface area contributed by atoms with E-state index in [1.807, 2.05) is 48.2 Å². The Morgan fingerprint density at radius 1 is 1.00 bits per heavy atom. The molecule has 0 aromatic heterocycles. The first-order valence-electron chi connectivity index (χ1n) is 9.90. The fourth-order valence-corrected chi connectivity index (χ4v) is 3.94. The average molecular weight is 394 g/mol. The molecule has 0 saturated heterocycles. The van der Waals surface area contributed by atoms with Crippen LogP contribution in [0.15, 0.2) is 36.4 Å². The second kappa shape index (κ2) is 7.78. The first-order chi connectivity index (χ1) is 14.0. The molecule has 2 atom stereocenters. The van der Waals surface area contributed by atoms with Gasteiger partial charge in [0.25, 0.3) is 0 Å². The minimum absolute atomic E-state index is 0.0643. The molecule has 2 unspecified atom stereocenters. The van der Waals surface area contributed by atoms with Gasteiger partial charge in [0.1, 0.15) is 0 Å². The largest absolute Gasteiger partial charge is 0.493 e. The molecule has 6 nitrogen and oxygen atoms in total. The average Bonchev–Trinajstić information content (AvgIpc) is 3.54. The number of anilines is 1. The van der Waals surface area contributed by atoms with Crippen LogP contribution in [0.4, 0.5) is 5.69 Å². The lowest BCUT2D eigenvalue weighted by Gasteiger charge is -2.30. The van der Waals surface area contributed by atoms with Gasteiger partial charge in [0, 0.05) is 18.8 Å². The van der Waals surface area contributed by atoms with E-state index >= 15 is 0 Å². The highest BCUT2D eigenvalue weighted by molar-refractivity contribution is 5.99. The fraction of sp³-hybridized carbons (Fsp3) is 0.391. The Kier molecular flexibility index (Phi) is 5.18. The lowest BCUT2D eigenvalue weighted by Crippen LogP contribution is -2.37. The lowest BCUT2D eigenvalue weighted by molar-refractivity contribution is -0.135. The number of aryl methyl sites for hydroxylation is 1. The number of benzene rings is 2. The molecule has 1 saturated carbocycles. The summed E-state index contributed by atoms with van der Waals surface area (Å²) in [5.74, 6) is 0.909. The molecule has 6 heteroatoms. The van der Waals surface area contributed by atoms with Gasteiger partial charge in [-0.05, 0) is 55.2 Å². The minimum Gasteiger partial charge on any atom is -0.493 e. The SMILES string of the molecule is COc1cc2c(cc1OC)CN(C(=O)C1CC1C(=O)Nc1ccc(C)cc1)CC2. The highest BCUT2D eigenvalue weighted by atomic mass is 16.5. The molecular weight excluding hydrogens is 368 g/mol. The number of carbonyl (C=O) groups excluding carboxylic acids is 2. The van der Waals surface area contributed by atoms with Crippen molar-refractivity contribution in [3.8, 4) is 11.5 Å². The van der Waals surface area contributed by atoms with E-state index in [9.17, 15) is 9.59 Å². The van der Waals surface area contributed by atoms with E-state index in [1.165, 1.54) is 5.56 Å². The number of fused-ring (bicyclic) bond motifs is 1. The van der Waals surface area contributed by atoms with Crippen LogP contribution in [-0.4, -0.2) is 37.5 Å². The van der Waals surface area contributed by atoms with Gasteiger partial charge < -0.3 is 19.7 Å². The van der Waals surface area contributed by atoms with Gasteiger partial charge in [0.2, 0.25) is 11.8 Å². The van der Waals surface area contributed by atoms with Gasteiger partial charge in [0.15, 0.2) is 11.5 Å². The quantitative estimate of drug-likeness (QED) is 0.846. The van der Waals surface area contributed by atoms with Crippen molar-refractivity contribution >= 4 is 17.5 Å². The summed E-state index contributed by atoms with van der Waals surface area (Å²) < 4.78 is 10.8. The van der Waals surface area contributed by atoms with Gasteiger partial charge in [-0.2, -0.15) is 0 Å². The summed E-state index contributed by atoms with van der Waals surface area (Å²) >= 11 is 0. The molecule has 1 heterocycles. The van der Waals surface area contributed by atoms with Crippen LogP contribution < -0.4 is 14.8 Å². The van der Waals surface area contributed by atoms with E-state index in [0.717, 1.165) is 23.2 Å². The zero-order valence-electron chi connectivity index (χ0n) is 17.0. The smallest absolute Gasteiger partial charge is 0.228 e. The Labute approximate surface area is 170 Å². The van der Waals surface area contributed by atoms with Gasteiger partial charge in [-0.3, -0.25) is 9.59 Å². The van der Waals surface area contributed by atoms with Gasteiger partial charge in [-0.25, -0.2) is 0 Å². The van der Waals surface area contributed by atoms with E-state index in [1.54, 1.807) is 14.2 Å². The maximum absolute atomic E-state index is 12.9. The van der Waals surface area contributed by atoms with E-state index < -0.39 is 0 Å². The van der Waals surface area contributed by atoms with Crippen LogP contribution in [0.5, 0.6) is 11.5 Å². The van der Waals surface area contributed by atoms with Crippen molar-refractivity contribution < 1.29 is 19.1 Å². The van der Waals surface area contributed by atoms with Gasteiger partial charge in [-0.15, -0.1) is 0 Å². The molecule has 29 heavy (non-hydrogen) atoms. The number of amides is 2. The van der Waals surface area contributed by atoms with Crippen LogP contribution in [0.1, 0.15) is 23.1 Å². The number of nitrogens with one attached hydrogen (secondary N) is 1. The molecule has 152 valence electrons. The summed E-state index contributed by atoms with van der Waals surface area (Å²) in [4.78, 5) is 27.3. The van der Waals surface area contributed by atoms with Crippen molar-refractivity contribution in [3.05, 3.63) is 53.1 Å². The zero-order valence-corrected chi connectivity index (χ0v) is 17.0. The Morgan fingerprint density at radius 3 is 2.31 bits per heavy atom. The number of hydrogen-bond acceptors (Lipinski definition) is 4.